The Morgan fingerprint density at radius 2 is 1.75 bits per heavy atom. The zero-order valence-electron chi connectivity index (χ0n) is 12.7. The molecule has 0 aromatic heterocycles. The normalized spacial score (nSPS) is 10.3. The summed E-state index contributed by atoms with van der Waals surface area (Å²) < 4.78 is 4.90. The SMILES string of the molecule is CCCCCCCC(=O)OC(=O)c1cccc(C)c1C. The number of unbranched alkanes of at least 4 members (excludes halogenated alkanes) is 4. The third kappa shape index (κ3) is 5.16. The van der Waals surface area contributed by atoms with Gasteiger partial charge < -0.3 is 4.74 Å². The van der Waals surface area contributed by atoms with Crippen LogP contribution in [0.25, 0.3) is 0 Å². The Morgan fingerprint density at radius 1 is 1.05 bits per heavy atom. The molecule has 0 aliphatic carbocycles. The first-order chi connectivity index (χ1) is 9.56. The van der Waals surface area contributed by atoms with Crippen molar-refractivity contribution >= 4 is 11.9 Å². The number of carbonyl (C=O) groups excluding carboxylic acids is 2. The molecule has 0 aliphatic heterocycles. The average Bonchev–Trinajstić information content (AvgIpc) is 2.41. The maximum absolute atomic E-state index is 11.9. The summed E-state index contributed by atoms with van der Waals surface area (Å²) in [6, 6.07) is 5.43. The van der Waals surface area contributed by atoms with E-state index in [2.05, 4.69) is 6.92 Å². The number of hydrogen-bond donors (Lipinski definition) is 0. The van der Waals surface area contributed by atoms with Gasteiger partial charge in [-0.25, -0.2) is 4.79 Å². The second-order valence-corrected chi connectivity index (χ2v) is 5.17. The lowest BCUT2D eigenvalue weighted by molar-refractivity contribution is -0.138. The quantitative estimate of drug-likeness (QED) is 0.422. The smallest absolute Gasteiger partial charge is 0.346 e. The standard InChI is InChI=1S/C17H24O3/c1-4-5-6-7-8-12-16(18)20-17(19)15-11-9-10-13(2)14(15)3/h9-11H,4-8,12H2,1-3H3. The Kier molecular flexibility index (Phi) is 6.99. The number of rotatable bonds is 7. The van der Waals surface area contributed by atoms with Gasteiger partial charge >= 0.3 is 11.9 Å². The van der Waals surface area contributed by atoms with Crippen LogP contribution in [0.2, 0.25) is 0 Å². The predicted octanol–water partition coefficient (Wildman–Crippen LogP) is 4.35. The summed E-state index contributed by atoms with van der Waals surface area (Å²) in [4.78, 5) is 23.5. The molecular weight excluding hydrogens is 252 g/mol. The molecule has 0 fully saturated rings. The van der Waals surface area contributed by atoms with Crippen molar-refractivity contribution in [2.75, 3.05) is 0 Å². The predicted molar refractivity (Wildman–Crippen MR) is 79.7 cm³/mol. The van der Waals surface area contributed by atoms with E-state index < -0.39 is 11.9 Å². The minimum Gasteiger partial charge on any atom is -0.389 e. The van der Waals surface area contributed by atoms with E-state index in [0.29, 0.717) is 12.0 Å². The van der Waals surface area contributed by atoms with E-state index >= 15 is 0 Å². The summed E-state index contributed by atoms with van der Waals surface area (Å²) >= 11 is 0. The second kappa shape index (κ2) is 8.51. The van der Waals surface area contributed by atoms with Crippen molar-refractivity contribution in [1.82, 2.24) is 0 Å². The molecule has 0 radical (unpaired) electrons. The van der Waals surface area contributed by atoms with Crippen molar-refractivity contribution in [3.63, 3.8) is 0 Å². The third-order valence-electron chi connectivity index (χ3n) is 3.52. The summed E-state index contributed by atoms with van der Waals surface area (Å²) in [7, 11) is 0. The second-order valence-electron chi connectivity index (χ2n) is 5.17. The Morgan fingerprint density at radius 3 is 2.45 bits per heavy atom. The zero-order chi connectivity index (χ0) is 15.0. The highest BCUT2D eigenvalue weighted by Gasteiger charge is 2.15. The van der Waals surface area contributed by atoms with Crippen LogP contribution in [0.5, 0.6) is 0 Å². The Bertz CT molecular complexity index is 463. The fourth-order valence-corrected chi connectivity index (χ4v) is 2.05. The van der Waals surface area contributed by atoms with Crippen LogP contribution in [-0.2, 0) is 9.53 Å². The van der Waals surface area contributed by atoms with Gasteiger partial charge in [-0.1, -0.05) is 44.7 Å². The molecule has 3 nitrogen and oxygen atoms in total. The lowest BCUT2D eigenvalue weighted by Gasteiger charge is -2.07. The maximum Gasteiger partial charge on any atom is 0.346 e. The van der Waals surface area contributed by atoms with E-state index in [1.54, 1.807) is 12.1 Å². The average molecular weight is 276 g/mol. The van der Waals surface area contributed by atoms with Gasteiger partial charge in [-0.05, 0) is 37.5 Å². The van der Waals surface area contributed by atoms with E-state index in [1.165, 1.54) is 12.8 Å². The summed E-state index contributed by atoms with van der Waals surface area (Å²) in [6.45, 7) is 5.94. The largest absolute Gasteiger partial charge is 0.389 e. The molecule has 0 bridgehead atoms. The topological polar surface area (TPSA) is 43.4 Å². The van der Waals surface area contributed by atoms with Gasteiger partial charge in [-0.15, -0.1) is 0 Å². The third-order valence-corrected chi connectivity index (χ3v) is 3.52. The van der Waals surface area contributed by atoms with Gasteiger partial charge in [-0.3, -0.25) is 4.79 Å². The van der Waals surface area contributed by atoms with Crippen molar-refractivity contribution in [1.29, 1.82) is 0 Å². The van der Waals surface area contributed by atoms with E-state index in [0.717, 1.165) is 30.4 Å². The first-order valence-corrected chi connectivity index (χ1v) is 7.37. The van der Waals surface area contributed by atoms with Crippen molar-refractivity contribution in [2.24, 2.45) is 0 Å². The highest BCUT2D eigenvalue weighted by Crippen LogP contribution is 2.14. The fourth-order valence-electron chi connectivity index (χ4n) is 2.05. The molecule has 1 rings (SSSR count). The molecule has 0 heterocycles. The molecule has 0 atom stereocenters. The first-order valence-electron chi connectivity index (χ1n) is 7.37. The summed E-state index contributed by atoms with van der Waals surface area (Å²) in [6.07, 6.45) is 5.63. The van der Waals surface area contributed by atoms with Gasteiger partial charge in [0, 0.05) is 6.42 Å². The van der Waals surface area contributed by atoms with Crippen LogP contribution in [0.3, 0.4) is 0 Å². The van der Waals surface area contributed by atoms with Crippen molar-refractivity contribution < 1.29 is 14.3 Å². The number of ether oxygens (including phenoxy) is 1. The number of carbonyl (C=O) groups is 2. The van der Waals surface area contributed by atoms with Gasteiger partial charge in [0.1, 0.15) is 0 Å². The molecule has 1 aromatic rings. The molecule has 0 N–H and O–H groups in total. The van der Waals surface area contributed by atoms with Crippen LogP contribution < -0.4 is 0 Å². The number of hydrogen-bond acceptors (Lipinski definition) is 3. The van der Waals surface area contributed by atoms with Gasteiger partial charge in [0.2, 0.25) is 0 Å². The minimum absolute atomic E-state index is 0.320. The Labute approximate surface area is 121 Å². The molecule has 1 aromatic carbocycles. The van der Waals surface area contributed by atoms with Gasteiger partial charge in [0.15, 0.2) is 0 Å². The Balaban J connectivity index is 2.42. The molecule has 0 aliphatic rings. The maximum atomic E-state index is 11.9. The van der Waals surface area contributed by atoms with Gasteiger partial charge in [-0.2, -0.15) is 0 Å². The van der Waals surface area contributed by atoms with Crippen LogP contribution in [0, 0.1) is 13.8 Å². The van der Waals surface area contributed by atoms with E-state index in [-0.39, 0.29) is 0 Å². The monoisotopic (exact) mass is 276 g/mol. The molecular formula is C17H24O3. The molecule has 20 heavy (non-hydrogen) atoms. The van der Waals surface area contributed by atoms with E-state index in [9.17, 15) is 9.59 Å². The zero-order valence-corrected chi connectivity index (χ0v) is 12.7. The van der Waals surface area contributed by atoms with Crippen molar-refractivity contribution in [2.45, 2.75) is 59.3 Å². The lowest BCUT2D eigenvalue weighted by atomic mass is 10.0. The number of esters is 2. The number of benzene rings is 1. The van der Waals surface area contributed by atoms with Crippen molar-refractivity contribution in [3.8, 4) is 0 Å². The van der Waals surface area contributed by atoms with Gasteiger partial charge in [0.25, 0.3) is 0 Å². The molecule has 0 saturated carbocycles. The summed E-state index contributed by atoms with van der Waals surface area (Å²) in [5.41, 5.74) is 2.36. The molecule has 3 heteroatoms. The van der Waals surface area contributed by atoms with Crippen LogP contribution in [0.15, 0.2) is 18.2 Å². The highest BCUT2D eigenvalue weighted by molar-refractivity contribution is 5.98. The first kappa shape index (κ1) is 16.4. The van der Waals surface area contributed by atoms with Crippen molar-refractivity contribution in [3.05, 3.63) is 34.9 Å². The highest BCUT2D eigenvalue weighted by atomic mass is 16.6. The fraction of sp³-hybridized carbons (Fsp3) is 0.529. The lowest BCUT2D eigenvalue weighted by Crippen LogP contribution is -2.13. The van der Waals surface area contributed by atoms with Crippen LogP contribution in [0.4, 0.5) is 0 Å². The van der Waals surface area contributed by atoms with Crippen LogP contribution in [-0.4, -0.2) is 11.9 Å². The van der Waals surface area contributed by atoms with E-state index in [4.69, 9.17) is 4.74 Å². The summed E-state index contributed by atoms with van der Waals surface area (Å²) in [5, 5.41) is 0. The minimum atomic E-state index is -0.537. The van der Waals surface area contributed by atoms with Gasteiger partial charge in [0.05, 0.1) is 5.56 Å². The molecule has 0 amide bonds. The Hall–Kier alpha value is -1.64. The van der Waals surface area contributed by atoms with Crippen LogP contribution in [0.1, 0.15) is 66.9 Å². The number of aryl methyl sites for hydroxylation is 1. The molecule has 110 valence electrons. The van der Waals surface area contributed by atoms with Crippen LogP contribution >= 0.6 is 0 Å². The summed E-state index contributed by atoms with van der Waals surface area (Å²) in [5.74, 6) is -0.961. The molecule has 0 saturated heterocycles. The molecule has 0 spiro atoms. The molecule has 0 unspecified atom stereocenters. The van der Waals surface area contributed by atoms with E-state index in [1.807, 2.05) is 19.9 Å².